The second-order valence-corrected chi connectivity index (χ2v) is 9.81. The highest BCUT2D eigenvalue weighted by Gasteiger charge is 2.21. The monoisotopic (exact) mass is 412 g/mol. The Morgan fingerprint density at radius 3 is 2.41 bits per heavy atom. The molecule has 0 bridgehead atoms. The van der Waals surface area contributed by atoms with Crippen molar-refractivity contribution in [2.24, 2.45) is 0 Å². The molecule has 2 aliphatic rings. The molecule has 2 fully saturated rings. The quantitative estimate of drug-likeness (QED) is 0.750. The van der Waals surface area contributed by atoms with Crippen molar-refractivity contribution in [3.63, 3.8) is 0 Å². The molecule has 5 nitrogen and oxygen atoms in total. The Balaban J connectivity index is 1.45. The number of sulfonamides is 1. The number of rotatable bonds is 6. The van der Waals surface area contributed by atoms with E-state index in [0.717, 1.165) is 18.5 Å². The van der Waals surface area contributed by atoms with Crippen molar-refractivity contribution in [2.75, 3.05) is 11.3 Å². The van der Waals surface area contributed by atoms with Crippen molar-refractivity contribution < 1.29 is 13.2 Å². The molecule has 2 aromatic carbocycles. The average molecular weight is 413 g/mol. The molecule has 154 valence electrons. The summed E-state index contributed by atoms with van der Waals surface area (Å²) in [6, 6.07) is 14.6. The van der Waals surface area contributed by atoms with Gasteiger partial charge in [-0.2, -0.15) is 0 Å². The first-order chi connectivity index (χ1) is 14.0. The molecule has 6 heteroatoms. The van der Waals surface area contributed by atoms with Crippen LogP contribution in [0, 0.1) is 0 Å². The lowest BCUT2D eigenvalue weighted by Crippen LogP contribution is -2.23. The lowest BCUT2D eigenvalue weighted by Gasteiger charge is -2.22. The average Bonchev–Trinajstić information content (AvgIpc) is 3.13. The molecule has 1 amide bonds. The molecule has 1 saturated carbocycles. The first-order valence-electron chi connectivity index (χ1n) is 10.5. The molecule has 1 aliphatic carbocycles. The van der Waals surface area contributed by atoms with Gasteiger partial charge in [0.1, 0.15) is 0 Å². The topological polar surface area (TPSA) is 66.5 Å². The van der Waals surface area contributed by atoms with E-state index >= 15 is 0 Å². The van der Waals surface area contributed by atoms with Crippen molar-refractivity contribution in [1.82, 2.24) is 4.90 Å². The van der Waals surface area contributed by atoms with Gasteiger partial charge < -0.3 is 4.90 Å². The van der Waals surface area contributed by atoms with E-state index in [4.69, 9.17) is 0 Å². The van der Waals surface area contributed by atoms with Crippen LogP contribution in [0.2, 0.25) is 0 Å². The number of benzene rings is 2. The maximum absolute atomic E-state index is 12.8. The minimum Gasteiger partial charge on any atom is -0.338 e. The fourth-order valence-electron chi connectivity index (χ4n) is 4.39. The van der Waals surface area contributed by atoms with Crippen LogP contribution in [0.3, 0.4) is 0 Å². The number of carbonyl (C=O) groups is 1. The number of likely N-dealkylation sites (tertiary alicyclic amines) is 1. The third-order valence-electron chi connectivity index (χ3n) is 5.99. The van der Waals surface area contributed by atoms with E-state index in [-0.39, 0.29) is 10.8 Å². The van der Waals surface area contributed by atoms with Gasteiger partial charge in [-0.05, 0) is 60.6 Å². The smallest absolute Gasteiger partial charge is 0.261 e. The normalized spacial score (nSPS) is 18.2. The molecule has 0 spiro atoms. The predicted octanol–water partition coefficient (Wildman–Crippen LogP) is 4.66. The van der Waals surface area contributed by atoms with Crippen molar-refractivity contribution in [3.8, 4) is 0 Å². The van der Waals surface area contributed by atoms with Gasteiger partial charge >= 0.3 is 0 Å². The standard InChI is InChI=1S/C23H28N2O3S/c26-23-10-5-15-25(23)17-18-6-4-9-21(16-18)24-29(27,28)22-13-11-20(12-14-22)19-7-2-1-3-8-19/h4,6,9,11-14,16,19,24H,1-3,5,7-8,10,15,17H2. The van der Waals surface area contributed by atoms with Gasteiger partial charge in [0.15, 0.2) is 0 Å². The Morgan fingerprint density at radius 1 is 0.966 bits per heavy atom. The lowest BCUT2D eigenvalue weighted by atomic mass is 9.84. The van der Waals surface area contributed by atoms with Gasteiger partial charge in [-0.3, -0.25) is 9.52 Å². The Bertz CT molecular complexity index is 964. The summed E-state index contributed by atoms with van der Waals surface area (Å²) in [6.07, 6.45) is 7.69. The van der Waals surface area contributed by atoms with Crippen LogP contribution in [-0.2, 0) is 21.4 Å². The summed E-state index contributed by atoms with van der Waals surface area (Å²) in [5.74, 6) is 0.715. The van der Waals surface area contributed by atoms with Gasteiger partial charge in [-0.15, -0.1) is 0 Å². The number of nitrogens with zero attached hydrogens (tertiary/aromatic N) is 1. The number of nitrogens with one attached hydrogen (secondary N) is 1. The molecule has 0 unspecified atom stereocenters. The number of amides is 1. The molecule has 1 heterocycles. The second-order valence-electron chi connectivity index (χ2n) is 8.13. The SMILES string of the molecule is O=C1CCCN1Cc1cccc(NS(=O)(=O)c2ccc(C3CCCCC3)cc2)c1. The summed E-state index contributed by atoms with van der Waals surface area (Å²) < 4.78 is 28.3. The summed E-state index contributed by atoms with van der Waals surface area (Å²) in [6.45, 7) is 1.28. The number of carbonyl (C=O) groups excluding carboxylic acids is 1. The maximum atomic E-state index is 12.8. The molecule has 2 aromatic rings. The van der Waals surface area contributed by atoms with Crippen molar-refractivity contribution >= 4 is 21.6 Å². The van der Waals surface area contributed by atoms with Crippen LogP contribution in [0.5, 0.6) is 0 Å². The van der Waals surface area contributed by atoms with Crippen LogP contribution in [0.15, 0.2) is 53.4 Å². The van der Waals surface area contributed by atoms with Gasteiger partial charge in [-0.25, -0.2) is 8.42 Å². The highest BCUT2D eigenvalue weighted by atomic mass is 32.2. The van der Waals surface area contributed by atoms with E-state index in [2.05, 4.69) is 4.72 Å². The zero-order chi connectivity index (χ0) is 20.3. The summed E-state index contributed by atoms with van der Waals surface area (Å²) in [5.41, 5.74) is 2.68. The number of hydrogen-bond acceptors (Lipinski definition) is 3. The van der Waals surface area contributed by atoms with Crippen molar-refractivity contribution in [3.05, 3.63) is 59.7 Å². The second kappa shape index (κ2) is 8.57. The van der Waals surface area contributed by atoms with Crippen molar-refractivity contribution in [2.45, 2.75) is 62.3 Å². The highest BCUT2D eigenvalue weighted by Crippen LogP contribution is 2.33. The molecule has 0 aromatic heterocycles. The van der Waals surface area contributed by atoms with Gasteiger partial charge in [0.2, 0.25) is 5.91 Å². The molecule has 1 N–H and O–H groups in total. The first-order valence-corrected chi connectivity index (χ1v) is 12.0. The van der Waals surface area contributed by atoms with E-state index in [0.29, 0.717) is 24.6 Å². The Hall–Kier alpha value is -2.34. The molecule has 4 rings (SSSR count). The van der Waals surface area contributed by atoms with E-state index < -0.39 is 10.0 Å². The van der Waals surface area contributed by atoms with E-state index in [1.54, 1.807) is 24.3 Å². The Kier molecular flexibility index (Phi) is 5.90. The fraction of sp³-hybridized carbons (Fsp3) is 0.435. The summed E-state index contributed by atoms with van der Waals surface area (Å²) >= 11 is 0. The lowest BCUT2D eigenvalue weighted by molar-refractivity contribution is -0.128. The number of anilines is 1. The van der Waals surface area contributed by atoms with E-state index in [1.807, 2.05) is 29.2 Å². The van der Waals surface area contributed by atoms with Crippen LogP contribution in [0.1, 0.15) is 62.0 Å². The summed E-state index contributed by atoms with van der Waals surface area (Å²) in [7, 11) is -3.65. The Labute approximate surface area is 173 Å². The summed E-state index contributed by atoms with van der Waals surface area (Å²) in [4.78, 5) is 13.9. The zero-order valence-electron chi connectivity index (χ0n) is 16.6. The zero-order valence-corrected chi connectivity index (χ0v) is 17.5. The van der Waals surface area contributed by atoms with Gasteiger partial charge in [0.05, 0.1) is 4.90 Å². The molecular weight excluding hydrogens is 384 g/mol. The van der Waals surface area contributed by atoms with Gasteiger partial charge in [0, 0.05) is 25.2 Å². The molecule has 0 radical (unpaired) electrons. The van der Waals surface area contributed by atoms with Gasteiger partial charge in [0.25, 0.3) is 10.0 Å². The highest BCUT2D eigenvalue weighted by molar-refractivity contribution is 7.92. The molecule has 29 heavy (non-hydrogen) atoms. The van der Waals surface area contributed by atoms with Crippen molar-refractivity contribution in [1.29, 1.82) is 0 Å². The fourth-order valence-corrected chi connectivity index (χ4v) is 5.44. The van der Waals surface area contributed by atoms with Crippen LogP contribution >= 0.6 is 0 Å². The molecule has 0 atom stereocenters. The minimum absolute atomic E-state index is 0.161. The van der Waals surface area contributed by atoms with E-state index in [9.17, 15) is 13.2 Å². The maximum Gasteiger partial charge on any atom is 0.261 e. The molecule has 1 saturated heterocycles. The third kappa shape index (κ3) is 4.81. The third-order valence-corrected chi connectivity index (χ3v) is 7.39. The largest absolute Gasteiger partial charge is 0.338 e. The van der Waals surface area contributed by atoms with Crippen LogP contribution in [0.4, 0.5) is 5.69 Å². The molecular formula is C23H28N2O3S. The minimum atomic E-state index is -3.65. The van der Waals surface area contributed by atoms with Crippen LogP contribution < -0.4 is 4.72 Å². The predicted molar refractivity (Wildman–Crippen MR) is 114 cm³/mol. The molecule has 1 aliphatic heterocycles. The van der Waals surface area contributed by atoms with E-state index in [1.165, 1.54) is 37.7 Å². The Morgan fingerprint density at radius 2 is 1.72 bits per heavy atom. The van der Waals surface area contributed by atoms with Gasteiger partial charge in [-0.1, -0.05) is 43.5 Å². The first kappa shape index (κ1) is 20.0. The number of hydrogen-bond donors (Lipinski definition) is 1. The summed E-state index contributed by atoms with van der Waals surface area (Å²) in [5, 5.41) is 0. The van der Waals surface area contributed by atoms with Crippen LogP contribution in [-0.4, -0.2) is 25.8 Å². The van der Waals surface area contributed by atoms with Crippen LogP contribution in [0.25, 0.3) is 0 Å².